The van der Waals surface area contributed by atoms with Crippen LogP contribution >= 0.6 is 24.0 Å². The molecular formula is C18H31IN4O. The van der Waals surface area contributed by atoms with Crippen LogP contribution in [0.3, 0.4) is 0 Å². The molecule has 0 spiro atoms. The van der Waals surface area contributed by atoms with Crippen LogP contribution in [0.4, 0.5) is 5.69 Å². The van der Waals surface area contributed by atoms with E-state index in [0.29, 0.717) is 12.5 Å². The number of ether oxygens (including phenoxy) is 1. The highest BCUT2D eigenvalue weighted by Crippen LogP contribution is 2.15. The fraction of sp³-hybridized carbons (Fsp3) is 0.611. The molecule has 1 aliphatic rings. The minimum Gasteiger partial charge on any atom is -0.381 e. The Morgan fingerprint density at radius 1 is 1.33 bits per heavy atom. The van der Waals surface area contributed by atoms with Crippen molar-refractivity contribution in [1.82, 2.24) is 10.2 Å². The van der Waals surface area contributed by atoms with E-state index in [4.69, 9.17) is 9.73 Å². The van der Waals surface area contributed by atoms with Gasteiger partial charge in [-0.1, -0.05) is 12.1 Å². The van der Waals surface area contributed by atoms with Gasteiger partial charge in [-0.25, -0.2) is 4.99 Å². The zero-order valence-electron chi connectivity index (χ0n) is 15.3. The highest BCUT2D eigenvalue weighted by atomic mass is 127. The SMILES string of the molecule is CCNC(=NCc1cccc(N(C)C)c1)N(C)CC1CCOC1.I. The molecule has 1 aliphatic heterocycles. The van der Waals surface area contributed by atoms with Gasteiger partial charge in [-0.15, -0.1) is 24.0 Å². The van der Waals surface area contributed by atoms with Crippen LogP contribution in [0.25, 0.3) is 0 Å². The van der Waals surface area contributed by atoms with Crippen LogP contribution in [0.5, 0.6) is 0 Å². The molecule has 24 heavy (non-hydrogen) atoms. The van der Waals surface area contributed by atoms with Crippen molar-refractivity contribution in [3.63, 3.8) is 0 Å². The molecule has 136 valence electrons. The summed E-state index contributed by atoms with van der Waals surface area (Å²) in [5.41, 5.74) is 2.43. The maximum Gasteiger partial charge on any atom is 0.193 e. The summed E-state index contributed by atoms with van der Waals surface area (Å²) in [5.74, 6) is 1.58. The fourth-order valence-electron chi connectivity index (χ4n) is 2.77. The quantitative estimate of drug-likeness (QED) is 0.415. The molecule has 0 amide bonds. The highest BCUT2D eigenvalue weighted by Gasteiger charge is 2.19. The van der Waals surface area contributed by atoms with Gasteiger partial charge in [0.15, 0.2) is 5.96 Å². The Morgan fingerprint density at radius 2 is 2.12 bits per heavy atom. The maximum atomic E-state index is 5.47. The van der Waals surface area contributed by atoms with Gasteiger partial charge < -0.3 is 19.9 Å². The van der Waals surface area contributed by atoms with Crippen molar-refractivity contribution in [2.75, 3.05) is 52.3 Å². The van der Waals surface area contributed by atoms with Crippen molar-refractivity contribution in [2.24, 2.45) is 10.9 Å². The second-order valence-corrected chi connectivity index (χ2v) is 6.34. The number of hydrogen-bond acceptors (Lipinski definition) is 3. The summed E-state index contributed by atoms with van der Waals surface area (Å²) < 4.78 is 5.47. The lowest BCUT2D eigenvalue weighted by atomic mass is 10.1. The van der Waals surface area contributed by atoms with Gasteiger partial charge >= 0.3 is 0 Å². The van der Waals surface area contributed by atoms with Crippen molar-refractivity contribution >= 4 is 35.6 Å². The normalized spacial score (nSPS) is 17.3. The third-order valence-corrected chi connectivity index (χ3v) is 4.09. The fourth-order valence-corrected chi connectivity index (χ4v) is 2.77. The lowest BCUT2D eigenvalue weighted by molar-refractivity contribution is 0.181. The van der Waals surface area contributed by atoms with Crippen LogP contribution in [-0.2, 0) is 11.3 Å². The van der Waals surface area contributed by atoms with Gasteiger partial charge in [-0.2, -0.15) is 0 Å². The molecular weight excluding hydrogens is 415 g/mol. The summed E-state index contributed by atoms with van der Waals surface area (Å²) in [6, 6.07) is 8.53. The molecule has 1 unspecified atom stereocenters. The van der Waals surface area contributed by atoms with E-state index in [-0.39, 0.29) is 24.0 Å². The molecule has 1 aromatic rings. The Hall–Kier alpha value is -1.02. The standard InChI is InChI=1S/C18H30N4O.HI/c1-5-19-18(22(4)13-16-9-10-23-14-16)20-12-15-7-6-8-17(11-15)21(2)3;/h6-8,11,16H,5,9-10,12-14H2,1-4H3,(H,19,20);1H. The predicted molar refractivity (Wildman–Crippen MR) is 113 cm³/mol. The molecule has 2 rings (SSSR count). The molecule has 1 N–H and O–H groups in total. The summed E-state index contributed by atoms with van der Waals surface area (Å²) in [6.07, 6.45) is 1.15. The largest absolute Gasteiger partial charge is 0.381 e. The number of benzene rings is 1. The number of nitrogens with zero attached hydrogens (tertiary/aromatic N) is 3. The summed E-state index contributed by atoms with van der Waals surface area (Å²) in [4.78, 5) is 9.13. The molecule has 0 saturated carbocycles. The lowest BCUT2D eigenvalue weighted by Gasteiger charge is -2.24. The number of aliphatic imine (C=N–C) groups is 1. The van der Waals surface area contributed by atoms with E-state index in [2.05, 4.69) is 67.4 Å². The van der Waals surface area contributed by atoms with Gasteiger partial charge in [0.1, 0.15) is 0 Å². The summed E-state index contributed by atoms with van der Waals surface area (Å²) in [6.45, 7) is 6.42. The van der Waals surface area contributed by atoms with Gasteiger partial charge in [0.2, 0.25) is 0 Å². The molecule has 0 aromatic heterocycles. The van der Waals surface area contributed by atoms with Crippen LogP contribution in [0.2, 0.25) is 0 Å². The van der Waals surface area contributed by atoms with Crippen LogP contribution in [0.1, 0.15) is 18.9 Å². The topological polar surface area (TPSA) is 40.1 Å². The van der Waals surface area contributed by atoms with Crippen molar-refractivity contribution < 1.29 is 4.74 Å². The van der Waals surface area contributed by atoms with Crippen molar-refractivity contribution in [2.45, 2.75) is 19.9 Å². The van der Waals surface area contributed by atoms with E-state index in [1.54, 1.807) is 0 Å². The first-order valence-electron chi connectivity index (χ1n) is 8.43. The van der Waals surface area contributed by atoms with E-state index < -0.39 is 0 Å². The van der Waals surface area contributed by atoms with E-state index in [0.717, 1.165) is 38.7 Å². The van der Waals surface area contributed by atoms with Crippen molar-refractivity contribution in [3.8, 4) is 0 Å². The summed E-state index contributed by atoms with van der Waals surface area (Å²) in [5, 5.41) is 3.39. The van der Waals surface area contributed by atoms with Crippen LogP contribution < -0.4 is 10.2 Å². The second kappa shape index (κ2) is 10.8. The Kier molecular flexibility index (Phi) is 9.43. The van der Waals surface area contributed by atoms with Crippen LogP contribution in [0.15, 0.2) is 29.3 Å². The maximum absolute atomic E-state index is 5.47. The molecule has 0 bridgehead atoms. The number of rotatable bonds is 6. The molecule has 1 heterocycles. The Balaban J connectivity index is 0.00000288. The Morgan fingerprint density at radius 3 is 2.75 bits per heavy atom. The minimum absolute atomic E-state index is 0. The van der Waals surface area contributed by atoms with E-state index >= 15 is 0 Å². The predicted octanol–water partition coefficient (Wildman–Crippen LogP) is 2.80. The Labute approximate surface area is 163 Å². The summed E-state index contributed by atoms with van der Waals surface area (Å²) >= 11 is 0. The molecule has 1 saturated heterocycles. The molecule has 1 fully saturated rings. The molecule has 0 radical (unpaired) electrons. The third kappa shape index (κ3) is 6.47. The van der Waals surface area contributed by atoms with Gasteiger partial charge in [-0.05, 0) is 31.0 Å². The number of anilines is 1. The number of hydrogen-bond donors (Lipinski definition) is 1. The van der Waals surface area contributed by atoms with Crippen LogP contribution in [-0.4, -0.2) is 58.3 Å². The average molecular weight is 446 g/mol. The van der Waals surface area contributed by atoms with Crippen molar-refractivity contribution in [1.29, 1.82) is 0 Å². The zero-order chi connectivity index (χ0) is 16.7. The molecule has 1 atom stereocenters. The average Bonchev–Trinajstić information content (AvgIpc) is 3.04. The monoisotopic (exact) mass is 446 g/mol. The summed E-state index contributed by atoms with van der Waals surface area (Å²) in [7, 11) is 6.23. The van der Waals surface area contributed by atoms with Crippen molar-refractivity contribution in [3.05, 3.63) is 29.8 Å². The lowest BCUT2D eigenvalue weighted by Crippen LogP contribution is -2.41. The van der Waals surface area contributed by atoms with E-state index in [1.807, 2.05) is 0 Å². The number of halogens is 1. The van der Waals surface area contributed by atoms with Gasteiger partial charge in [0, 0.05) is 52.4 Å². The first kappa shape index (κ1) is 21.0. The third-order valence-electron chi connectivity index (χ3n) is 4.09. The Bertz CT molecular complexity index is 515. The van der Waals surface area contributed by atoms with Gasteiger partial charge in [-0.3, -0.25) is 0 Å². The minimum atomic E-state index is 0. The zero-order valence-corrected chi connectivity index (χ0v) is 17.6. The number of nitrogens with one attached hydrogen (secondary N) is 1. The van der Waals surface area contributed by atoms with Gasteiger partial charge in [0.05, 0.1) is 13.2 Å². The van der Waals surface area contributed by atoms with E-state index in [9.17, 15) is 0 Å². The number of guanidine groups is 1. The van der Waals surface area contributed by atoms with Gasteiger partial charge in [0.25, 0.3) is 0 Å². The highest BCUT2D eigenvalue weighted by molar-refractivity contribution is 14.0. The smallest absolute Gasteiger partial charge is 0.193 e. The van der Waals surface area contributed by atoms with Crippen LogP contribution in [0, 0.1) is 5.92 Å². The first-order chi connectivity index (χ1) is 11.1. The molecule has 0 aliphatic carbocycles. The molecule has 5 nitrogen and oxygen atoms in total. The first-order valence-corrected chi connectivity index (χ1v) is 8.43. The second-order valence-electron chi connectivity index (χ2n) is 6.34. The van der Waals surface area contributed by atoms with E-state index in [1.165, 1.54) is 11.3 Å². The molecule has 6 heteroatoms. The molecule has 1 aromatic carbocycles.